The van der Waals surface area contributed by atoms with Gasteiger partial charge in [0.1, 0.15) is 0 Å². The normalized spacial score (nSPS) is 12.8. The predicted molar refractivity (Wildman–Crippen MR) is 46.1 cm³/mol. The molecule has 0 fully saturated rings. The highest BCUT2D eigenvalue weighted by molar-refractivity contribution is 6.66. The van der Waals surface area contributed by atoms with E-state index in [4.69, 9.17) is 5.26 Å². The molecule has 0 bridgehead atoms. The van der Waals surface area contributed by atoms with Crippen LogP contribution in [-0.4, -0.2) is 6.71 Å². The summed E-state index contributed by atoms with van der Waals surface area (Å²) < 4.78 is 0. The fraction of sp³-hybridized carbons (Fsp3) is 0.875. The molecule has 1 atom stereocenters. The largest absolute Gasteiger partial charge is 0.267 e. The molecule has 0 aromatic heterocycles. The van der Waals surface area contributed by atoms with E-state index in [1.165, 1.54) is 0 Å². The minimum absolute atomic E-state index is 0.211. The van der Waals surface area contributed by atoms with Gasteiger partial charge in [0.25, 0.3) is 6.71 Å². The lowest BCUT2D eigenvalue weighted by Gasteiger charge is -2.12. The summed E-state index contributed by atoms with van der Waals surface area (Å²) >= 11 is 0. The van der Waals surface area contributed by atoms with Gasteiger partial charge in [-0.15, -0.1) is 0 Å². The number of hydrogen-bond donors (Lipinski definition) is 0. The molecule has 2 heteroatoms. The van der Waals surface area contributed by atoms with Gasteiger partial charge < -0.3 is 0 Å². The molecule has 0 spiro atoms. The first kappa shape index (κ1) is 9.55. The Morgan fingerprint density at radius 1 is 1.40 bits per heavy atom. The molecule has 1 nitrogen and oxygen atoms in total. The standard InChI is InChI=1S/C8H16BN/c1-7(2)5-8(3)9(4)6-10/h7-8H,5H2,1-4H3. The van der Waals surface area contributed by atoms with Crippen LogP contribution in [0.25, 0.3) is 0 Å². The maximum Gasteiger partial charge on any atom is 0.267 e. The van der Waals surface area contributed by atoms with Crippen molar-refractivity contribution in [2.24, 2.45) is 5.92 Å². The summed E-state index contributed by atoms with van der Waals surface area (Å²) in [4.78, 5) is 0. The minimum Gasteiger partial charge on any atom is -0.213 e. The Kier molecular flexibility index (Phi) is 4.19. The summed E-state index contributed by atoms with van der Waals surface area (Å²) in [5.74, 6) is 3.53. The zero-order chi connectivity index (χ0) is 8.15. The molecule has 0 heterocycles. The monoisotopic (exact) mass is 137 g/mol. The second-order valence-corrected chi connectivity index (χ2v) is 3.52. The molecule has 0 N–H and O–H groups in total. The first-order chi connectivity index (χ1) is 4.57. The van der Waals surface area contributed by atoms with Crippen molar-refractivity contribution in [1.29, 1.82) is 5.26 Å². The van der Waals surface area contributed by atoms with Crippen molar-refractivity contribution in [2.45, 2.75) is 39.8 Å². The lowest BCUT2D eigenvalue weighted by molar-refractivity contribution is 0.571. The summed E-state index contributed by atoms with van der Waals surface area (Å²) in [6, 6.07) is 0. The van der Waals surface area contributed by atoms with Crippen LogP contribution < -0.4 is 0 Å². The average Bonchev–Trinajstić information content (AvgIpc) is 1.85. The molecule has 0 aromatic rings. The first-order valence-electron chi connectivity index (χ1n) is 3.97. The van der Waals surface area contributed by atoms with Crippen LogP contribution in [0.4, 0.5) is 0 Å². The van der Waals surface area contributed by atoms with Crippen LogP contribution in [-0.2, 0) is 0 Å². The summed E-state index contributed by atoms with van der Waals surface area (Å²) in [6.45, 7) is 8.74. The average molecular weight is 137 g/mol. The lowest BCUT2D eigenvalue weighted by atomic mass is 9.44. The molecule has 0 amide bonds. The molecule has 0 aliphatic carbocycles. The molecule has 0 radical (unpaired) electrons. The Morgan fingerprint density at radius 3 is 2.20 bits per heavy atom. The fourth-order valence-corrected chi connectivity index (χ4v) is 1.07. The Labute approximate surface area is 64.5 Å². The van der Waals surface area contributed by atoms with E-state index < -0.39 is 0 Å². The van der Waals surface area contributed by atoms with Crippen molar-refractivity contribution in [3.05, 3.63) is 0 Å². The molecule has 56 valence electrons. The van der Waals surface area contributed by atoms with E-state index in [1.807, 2.05) is 6.82 Å². The van der Waals surface area contributed by atoms with Crippen LogP contribution in [0, 0.1) is 17.1 Å². The molecule has 0 aliphatic heterocycles. The molecular formula is C8H16BN. The zero-order valence-corrected chi connectivity index (χ0v) is 7.39. The molecular weight excluding hydrogens is 121 g/mol. The van der Waals surface area contributed by atoms with E-state index in [0.29, 0.717) is 11.7 Å². The Morgan fingerprint density at radius 2 is 1.90 bits per heavy atom. The molecule has 0 rings (SSSR count). The molecule has 10 heavy (non-hydrogen) atoms. The van der Waals surface area contributed by atoms with Crippen LogP contribution in [0.3, 0.4) is 0 Å². The molecule has 0 aliphatic rings. The van der Waals surface area contributed by atoms with Crippen molar-refractivity contribution in [2.75, 3.05) is 0 Å². The second-order valence-electron chi connectivity index (χ2n) is 3.52. The third-order valence-corrected chi connectivity index (χ3v) is 1.90. The smallest absolute Gasteiger partial charge is 0.213 e. The Hall–Kier alpha value is -0.445. The fourth-order valence-electron chi connectivity index (χ4n) is 1.07. The highest BCUT2D eigenvalue weighted by Crippen LogP contribution is 2.18. The predicted octanol–water partition coefficient (Wildman–Crippen LogP) is 2.61. The first-order valence-corrected chi connectivity index (χ1v) is 3.97. The minimum atomic E-state index is 0.211. The molecule has 0 aromatic carbocycles. The van der Waals surface area contributed by atoms with Gasteiger partial charge in [-0.1, -0.05) is 39.8 Å². The van der Waals surface area contributed by atoms with E-state index >= 15 is 0 Å². The third-order valence-electron chi connectivity index (χ3n) is 1.90. The highest BCUT2D eigenvalue weighted by atomic mass is 14.2. The van der Waals surface area contributed by atoms with Crippen molar-refractivity contribution in [3.8, 4) is 5.97 Å². The van der Waals surface area contributed by atoms with Crippen LogP contribution in [0.2, 0.25) is 12.6 Å². The van der Waals surface area contributed by atoms with Crippen molar-refractivity contribution >= 4 is 6.71 Å². The van der Waals surface area contributed by atoms with Crippen LogP contribution in [0.5, 0.6) is 0 Å². The van der Waals surface area contributed by atoms with E-state index in [9.17, 15) is 0 Å². The van der Waals surface area contributed by atoms with Gasteiger partial charge in [0.2, 0.25) is 0 Å². The zero-order valence-electron chi connectivity index (χ0n) is 7.39. The number of rotatable bonds is 3. The van der Waals surface area contributed by atoms with Crippen molar-refractivity contribution in [3.63, 3.8) is 0 Å². The van der Waals surface area contributed by atoms with Gasteiger partial charge in [-0.25, -0.2) is 5.26 Å². The summed E-state index contributed by atoms with van der Waals surface area (Å²) in [6.07, 6.45) is 1.16. The summed E-state index contributed by atoms with van der Waals surface area (Å²) in [7, 11) is 0. The van der Waals surface area contributed by atoms with E-state index in [2.05, 4.69) is 26.7 Å². The van der Waals surface area contributed by atoms with Crippen LogP contribution in [0.15, 0.2) is 0 Å². The molecule has 0 saturated carbocycles. The van der Waals surface area contributed by atoms with Crippen molar-refractivity contribution < 1.29 is 0 Å². The van der Waals surface area contributed by atoms with E-state index in [-0.39, 0.29) is 6.71 Å². The van der Waals surface area contributed by atoms with Gasteiger partial charge in [0.15, 0.2) is 0 Å². The lowest BCUT2D eigenvalue weighted by Crippen LogP contribution is -2.13. The topological polar surface area (TPSA) is 23.8 Å². The second kappa shape index (κ2) is 4.38. The summed E-state index contributed by atoms with van der Waals surface area (Å²) in [5, 5.41) is 8.57. The van der Waals surface area contributed by atoms with Crippen LogP contribution in [0.1, 0.15) is 27.2 Å². The number of hydrogen-bond acceptors (Lipinski definition) is 1. The van der Waals surface area contributed by atoms with E-state index in [1.54, 1.807) is 0 Å². The van der Waals surface area contributed by atoms with Crippen molar-refractivity contribution in [1.82, 2.24) is 0 Å². The quantitative estimate of drug-likeness (QED) is 0.548. The SMILES string of the molecule is CB(C#N)C(C)CC(C)C. The van der Waals surface area contributed by atoms with Gasteiger partial charge in [0.05, 0.1) is 0 Å². The summed E-state index contributed by atoms with van der Waals surface area (Å²) in [5.41, 5.74) is 0. The Bertz CT molecular complexity index is 126. The maximum atomic E-state index is 8.57. The van der Waals surface area contributed by atoms with Gasteiger partial charge in [-0.05, 0) is 5.92 Å². The number of nitrogens with zero attached hydrogens (tertiary/aromatic N) is 1. The van der Waals surface area contributed by atoms with Gasteiger partial charge in [0, 0.05) is 5.97 Å². The molecule has 1 unspecified atom stereocenters. The van der Waals surface area contributed by atoms with Crippen LogP contribution >= 0.6 is 0 Å². The molecule has 0 saturated heterocycles. The third kappa shape index (κ3) is 3.56. The van der Waals surface area contributed by atoms with Gasteiger partial charge in [-0.3, -0.25) is 0 Å². The highest BCUT2D eigenvalue weighted by Gasteiger charge is 2.16. The number of nitriles is 1. The maximum absolute atomic E-state index is 8.57. The van der Waals surface area contributed by atoms with E-state index in [0.717, 1.165) is 6.42 Å². The Balaban J connectivity index is 3.64. The van der Waals surface area contributed by atoms with Gasteiger partial charge in [-0.2, -0.15) is 0 Å². The van der Waals surface area contributed by atoms with Gasteiger partial charge >= 0.3 is 0 Å².